The highest BCUT2D eigenvalue weighted by atomic mass is 16.5. The Hall–Kier alpha value is -1.29. The number of carbonyl (C=O) groups is 1. The van der Waals surface area contributed by atoms with Crippen LogP contribution in [0, 0.1) is 0 Å². The van der Waals surface area contributed by atoms with Crippen molar-refractivity contribution >= 4 is 5.97 Å². The van der Waals surface area contributed by atoms with E-state index in [1.807, 2.05) is 25.5 Å². The van der Waals surface area contributed by atoms with E-state index in [0.717, 1.165) is 6.42 Å². The quantitative estimate of drug-likeness (QED) is 0.671. The molecule has 0 amide bonds. The van der Waals surface area contributed by atoms with Crippen molar-refractivity contribution in [3.63, 3.8) is 0 Å². The molecule has 0 saturated carbocycles. The van der Waals surface area contributed by atoms with Crippen molar-refractivity contribution in [1.82, 2.24) is 9.88 Å². The maximum absolute atomic E-state index is 11.7. The summed E-state index contributed by atoms with van der Waals surface area (Å²) in [6, 6.07) is 0.417. The Balaban J connectivity index is 2.10. The van der Waals surface area contributed by atoms with Crippen LogP contribution in [-0.4, -0.2) is 23.7 Å². The van der Waals surface area contributed by atoms with Crippen LogP contribution in [0.15, 0.2) is 12.4 Å². The number of fused-ring (bicyclic) bond motifs is 1. The molecule has 1 aliphatic rings. The Morgan fingerprint density at radius 3 is 2.95 bits per heavy atom. The van der Waals surface area contributed by atoms with Crippen LogP contribution in [0.25, 0.3) is 0 Å². The fourth-order valence-electron chi connectivity index (χ4n) is 2.76. The van der Waals surface area contributed by atoms with Crippen molar-refractivity contribution < 1.29 is 9.53 Å². The van der Waals surface area contributed by atoms with Crippen molar-refractivity contribution in [3.05, 3.63) is 23.5 Å². The van der Waals surface area contributed by atoms with Crippen molar-refractivity contribution in [2.45, 2.75) is 58.2 Å². The molecule has 1 heterocycles. The van der Waals surface area contributed by atoms with Gasteiger partial charge in [0.05, 0.1) is 6.10 Å². The molecule has 0 spiro atoms. The predicted octanol–water partition coefficient (Wildman–Crippen LogP) is 2.43. The molecule has 1 aromatic rings. The highest BCUT2D eigenvalue weighted by Crippen LogP contribution is 2.29. The number of rotatable bonds is 4. The van der Waals surface area contributed by atoms with Crippen LogP contribution in [0.3, 0.4) is 0 Å². The van der Waals surface area contributed by atoms with E-state index < -0.39 is 0 Å². The van der Waals surface area contributed by atoms with E-state index in [4.69, 9.17) is 4.74 Å². The average molecular weight is 264 g/mol. The molecule has 1 N–H and O–H groups in total. The second-order valence-corrected chi connectivity index (χ2v) is 5.54. The second-order valence-electron chi connectivity index (χ2n) is 5.54. The van der Waals surface area contributed by atoms with Gasteiger partial charge in [0.25, 0.3) is 0 Å². The predicted molar refractivity (Wildman–Crippen MR) is 75.0 cm³/mol. The van der Waals surface area contributed by atoms with Gasteiger partial charge in [-0.2, -0.15) is 0 Å². The van der Waals surface area contributed by atoms with Gasteiger partial charge in [-0.25, -0.2) is 0 Å². The molecular weight excluding hydrogens is 240 g/mol. The number of aryl methyl sites for hydroxylation is 1. The smallest absolute Gasteiger partial charge is 0.326 e. The molecule has 4 nitrogen and oxygen atoms in total. The molecule has 1 aliphatic carbocycles. The lowest BCUT2D eigenvalue weighted by Crippen LogP contribution is -2.17. The molecule has 1 aromatic heterocycles. The zero-order chi connectivity index (χ0) is 13.8. The summed E-state index contributed by atoms with van der Waals surface area (Å²) in [5.74, 6) is -0.166. The molecule has 1 unspecified atom stereocenters. The van der Waals surface area contributed by atoms with Crippen LogP contribution in [0.2, 0.25) is 0 Å². The third kappa shape index (κ3) is 3.60. The molecular formula is C15H24N2O2. The van der Waals surface area contributed by atoms with Gasteiger partial charge in [0.15, 0.2) is 0 Å². The van der Waals surface area contributed by atoms with E-state index in [2.05, 4.69) is 17.7 Å². The van der Waals surface area contributed by atoms with E-state index in [1.54, 1.807) is 0 Å². The third-order valence-corrected chi connectivity index (χ3v) is 3.59. The lowest BCUT2D eigenvalue weighted by atomic mass is 10.1. The average Bonchev–Trinajstić information content (AvgIpc) is 2.61. The summed E-state index contributed by atoms with van der Waals surface area (Å²) in [7, 11) is 2.00. The molecule has 0 fully saturated rings. The molecule has 0 radical (unpaired) electrons. The first-order valence-corrected chi connectivity index (χ1v) is 7.15. The molecule has 0 saturated heterocycles. The van der Waals surface area contributed by atoms with E-state index in [1.165, 1.54) is 30.4 Å². The zero-order valence-corrected chi connectivity index (χ0v) is 12.1. The SMILES string of the molecule is CNC1CCCCc2cn(CC(=O)OC(C)C)cc21. The number of aromatic nitrogens is 1. The summed E-state index contributed by atoms with van der Waals surface area (Å²) >= 11 is 0. The van der Waals surface area contributed by atoms with Crippen LogP contribution in [0.5, 0.6) is 0 Å². The van der Waals surface area contributed by atoms with Crippen LogP contribution in [0.4, 0.5) is 0 Å². The molecule has 4 heteroatoms. The van der Waals surface area contributed by atoms with Crippen LogP contribution >= 0.6 is 0 Å². The summed E-state index contributed by atoms with van der Waals surface area (Å²) < 4.78 is 7.15. The van der Waals surface area contributed by atoms with Crippen molar-refractivity contribution in [2.75, 3.05) is 7.05 Å². The minimum Gasteiger partial charge on any atom is -0.462 e. The Labute approximate surface area is 115 Å². The summed E-state index contributed by atoms with van der Waals surface area (Å²) in [5, 5.41) is 3.37. The summed E-state index contributed by atoms with van der Waals surface area (Å²) in [4.78, 5) is 11.7. The topological polar surface area (TPSA) is 43.3 Å². The minimum atomic E-state index is -0.166. The molecule has 19 heavy (non-hydrogen) atoms. The Kier molecular flexibility index (Phi) is 4.64. The molecule has 106 valence electrons. The van der Waals surface area contributed by atoms with Crippen molar-refractivity contribution in [2.24, 2.45) is 0 Å². The number of carbonyl (C=O) groups excluding carboxylic acids is 1. The third-order valence-electron chi connectivity index (χ3n) is 3.59. The van der Waals surface area contributed by atoms with Gasteiger partial charge in [0, 0.05) is 18.4 Å². The Morgan fingerprint density at radius 1 is 1.47 bits per heavy atom. The first kappa shape index (κ1) is 14.1. The van der Waals surface area contributed by atoms with Crippen LogP contribution < -0.4 is 5.32 Å². The van der Waals surface area contributed by atoms with Crippen LogP contribution in [0.1, 0.15) is 50.3 Å². The van der Waals surface area contributed by atoms with E-state index >= 15 is 0 Å². The number of ether oxygens (including phenoxy) is 1. The lowest BCUT2D eigenvalue weighted by molar-refractivity contribution is -0.148. The number of nitrogens with one attached hydrogen (secondary N) is 1. The molecule has 0 aromatic carbocycles. The number of nitrogens with zero attached hydrogens (tertiary/aromatic N) is 1. The maximum Gasteiger partial charge on any atom is 0.326 e. The fourth-order valence-corrected chi connectivity index (χ4v) is 2.76. The Bertz CT molecular complexity index is 437. The Morgan fingerprint density at radius 2 is 2.26 bits per heavy atom. The van der Waals surface area contributed by atoms with Gasteiger partial charge >= 0.3 is 5.97 Å². The molecule has 2 rings (SSSR count). The van der Waals surface area contributed by atoms with Gasteiger partial charge in [-0.15, -0.1) is 0 Å². The highest BCUT2D eigenvalue weighted by molar-refractivity contribution is 5.69. The molecule has 0 aliphatic heterocycles. The van der Waals surface area contributed by atoms with Crippen molar-refractivity contribution in [3.8, 4) is 0 Å². The second kappa shape index (κ2) is 6.24. The van der Waals surface area contributed by atoms with E-state index in [0.29, 0.717) is 12.6 Å². The van der Waals surface area contributed by atoms with Gasteiger partial charge in [0.1, 0.15) is 6.54 Å². The fraction of sp³-hybridized carbons (Fsp3) is 0.667. The number of hydrogen-bond acceptors (Lipinski definition) is 3. The highest BCUT2D eigenvalue weighted by Gasteiger charge is 2.19. The van der Waals surface area contributed by atoms with E-state index in [9.17, 15) is 4.79 Å². The lowest BCUT2D eigenvalue weighted by Gasteiger charge is -2.13. The van der Waals surface area contributed by atoms with Gasteiger partial charge in [-0.3, -0.25) is 4.79 Å². The van der Waals surface area contributed by atoms with Gasteiger partial charge < -0.3 is 14.6 Å². The standard InChI is InChI=1S/C15H24N2O2/c1-11(2)19-15(18)10-17-8-12-6-4-5-7-14(16-3)13(12)9-17/h8-9,11,14,16H,4-7,10H2,1-3H3. The first-order valence-electron chi connectivity index (χ1n) is 7.15. The van der Waals surface area contributed by atoms with Crippen LogP contribution in [-0.2, 0) is 22.5 Å². The van der Waals surface area contributed by atoms with Gasteiger partial charge in [-0.1, -0.05) is 6.42 Å². The summed E-state index contributed by atoms with van der Waals surface area (Å²) in [5.41, 5.74) is 2.71. The van der Waals surface area contributed by atoms with Gasteiger partial charge in [-0.05, 0) is 51.3 Å². The van der Waals surface area contributed by atoms with Gasteiger partial charge in [0.2, 0.25) is 0 Å². The molecule has 0 bridgehead atoms. The first-order chi connectivity index (χ1) is 9.10. The molecule has 1 atom stereocenters. The van der Waals surface area contributed by atoms with E-state index in [-0.39, 0.29) is 12.1 Å². The number of esters is 1. The normalized spacial score (nSPS) is 19.1. The summed E-state index contributed by atoms with van der Waals surface area (Å²) in [6.45, 7) is 4.06. The number of hydrogen-bond donors (Lipinski definition) is 1. The summed E-state index contributed by atoms with van der Waals surface area (Å²) in [6.07, 6.45) is 8.92. The van der Waals surface area contributed by atoms with Crippen molar-refractivity contribution in [1.29, 1.82) is 0 Å². The zero-order valence-electron chi connectivity index (χ0n) is 12.1. The minimum absolute atomic E-state index is 0.0501. The largest absolute Gasteiger partial charge is 0.462 e. The monoisotopic (exact) mass is 264 g/mol. The maximum atomic E-state index is 11.7.